The van der Waals surface area contributed by atoms with E-state index in [0.717, 1.165) is 4.90 Å². The molecule has 2 saturated heterocycles. The Bertz CT molecular complexity index is 885. The number of carbonyl (C=O) groups excluding carboxylic acids is 4. The molecule has 0 aromatic heterocycles. The summed E-state index contributed by atoms with van der Waals surface area (Å²) in [6.45, 7) is 1.48. The Balaban J connectivity index is 1.60. The van der Waals surface area contributed by atoms with Crippen LogP contribution in [-0.4, -0.2) is 69.8 Å². The van der Waals surface area contributed by atoms with Crippen molar-refractivity contribution >= 4 is 23.6 Å². The van der Waals surface area contributed by atoms with Crippen molar-refractivity contribution in [1.82, 2.24) is 15.1 Å². The van der Waals surface area contributed by atoms with Gasteiger partial charge >= 0.3 is 0 Å². The zero-order chi connectivity index (χ0) is 20.1. The highest BCUT2D eigenvalue weighted by Crippen LogP contribution is 2.31. The van der Waals surface area contributed by atoms with Gasteiger partial charge in [0.1, 0.15) is 6.04 Å². The van der Waals surface area contributed by atoms with E-state index in [1.54, 1.807) is 18.2 Å². The summed E-state index contributed by atoms with van der Waals surface area (Å²) in [5.41, 5.74) is 6.72. The molecule has 9 nitrogen and oxygen atoms in total. The molecule has 3 heterocycles. The zero-order valence-corrected chi connectivity index (χ0v) is 15.3. The van der Waals surface area contributed by atoms with E-state index in [1.807, 2.05) is 4.90 Å². The normalized spacial score (nSPS) is 28.1. The molecule has 0 bridgehead atoms. The number of hydrogen-bond acceptors (Lipinski definition) is 7. The number of amides is 4. The Hall–Kier alpha value is -2.62. The fraction of sp³-hybridized carbons (Fsp3) is 0.474. The van der Waals surface area contributed by atoms with Gasteiger partial charge in [0.05, 0.1) is 23.3 Å². The highest BCUT2D eigenvalue weighted by molar-refractivity contribution is 6.24. The van der Waals surface area contributed by atoms with Crippen molar-refractivity contribution in [3.63, 3.8) is 0 Å². The minimum atomic E-state index is -0.976. The van der Waals surface area contributed by atoms with Gasteiger partial charge in [0.15, 0.2) is 0 Å². The molecule has 4 amide bonds. The van der Waals surface area contributed by atoms with E-state index in [0.29, 0.717) is 37.2 Å². The van der Waals surface area contributed by atoms with Crippen LogP contribution in [0.15, 0.2) is 18.2 Å². The molecule has 2 atom stereocenters. The second-order valence-electron chi connectivity index (χ2n) is 7.77. The first kappa shape index (κ1) is 18.7. The number of nitrogens with two attached hydrogens (primary N) is 1. The number of rotatable bonds is 4. The van der Waals surface area contributed by atoms with E-state index in [1.165, 1.54) is 0 Å². The van der Waals surface area contributed by atoms with Crippen LogP contribution < -0.4 is 11.1 Å². The van der Waals surface area contributed by atoms with Gasteiger partial charge in [-0.1, -0.05) is 12.1 Å². The quantitative estimate of drug-likeness (QED) is 0.564. The second kappa shape index (κ2) is 6.77. The summed E-state index contributed by atoms with van der Waals surface area (Å²) < 4.78 is 0. The molecule has 28 heavy (non-hydrogen) atoms. The van der Waals surface area contributed by atoms with Crippen molar-refractivity contribution in [2.45, 2.75) is 37.4 Å². The topological polar surface area (TPSA) is 133 Å². The van der Waals surface area contributed by atoms with Crippen molar-refractivity contribution in [2.75, 3.05) is 19.7 Å². The van der Waals surface area contributed by atoms with Crippen molar-refractivity contribution in [1.29, 1.82) is 0 Å². The maximum atomic E-state index is 13.1. The molecule has 3 aliphatic rings. The fourth-order valence-electron chi connectivity index (χ4n) is 4.21. The Morgan fingerprint density at radius 1 is 1.21 bits per heavy atom. The number of nitrogens with one attached hydrogen (secondary N) is 1. The molecule has 3 aliphatic heterocycles. The number of imide groups is 2. The van der Waals surface area contributed by atoms with Crippen molar-refractivity contribution in [3.05, 3.63) is 34.9 Å². The Labute approximate surface area is 161 Å². The predicted molar refractivity (Wildman–Crippen MR) is 97.0 cm³/mol. The smallest absolute Gasteiger partial charge is 0.262 e. The minimum absolute atomic E-state index is 0.0875. The highest BCUT2D eigenvalue weighted by atomic mass is 16.3. The Morgan fingerprint density at radius 3 is 2.68 bits per heavy atom. The summed E-state index contributed by atoms with van der Waals surface area (Å²) in [4.78, 5) is 52.5. The first-order valence-corrected chi connectivity index (χ1v) is 9.28. The molecule has 2 unspecified atom stereocenters. The van der Waals surface area contributed by atoms with Crippen LogP contribution >= 0.6 is 0 Å². The second-order valence-corrected chi connectivity index (χ2v) is 7.77. The van der Waals surface area contributed by atoms with Crippen LogP contribution in [0.1, 0.15) is 45.5 Å². The molecule has 0 saturated carbocycles. The third kappa shape index (κ3) is 3.01. The van der Waals surface area contributed by atoms with Gasteiger partial charge in [-0.2, -0.15) is 0 Å². The number of nitrogens with zero attached hydrogens (tertiary/aromatic N) is 2. The molecule has 9 heteroatoms. The molecule has 1 aromatic rings. The van der Waals surface area contributed by atoms with Gasteiger partial charge in [0.2, 0.25) is 11.8 Å². The van der Waals surface area contributed by atoms with Crippen molar-refractivity contribution in [2.24, 2.45) is 5.73 Å². The van der Waals surface area contributed by atoms with Gasteiger partial charge in [0.25, 0.3) is 11.8 Å². The summed E-state index contributed by atoms with van der Waals surface area (Å²) >= 11 is 0. The number of aliphatic hydroxyl groups is 1. The SMILES string of the molecule is NC1(CO)CCN(Cc2cccc3c2C(=O)N(C2CCC(=O)NC2=O)C3=O)C1. The predicted octanol–water partition coefficient (Wildman–Crippen LogP) is -1.02. The van der Waals surface area contributed by atoms with Crippen LogP contribution in [0.2, 0.25) is 0 Å². The Morgan fingerprint density at radius 2 is 2.00 bits per heavy atom. The standard InChI is InChI=1S/C19H22N4O5/c20-19(10-24)6-7-22(9-19)8-11-2-1-3-12-15(11)18(28)23(17(12)27)13-4-5-14(25)21-16(13)26/h1-3,13,24H,4-10,20H2,(H,21,25,26). The molecule has 4 N–H and O–H groups in total. The van der Waals surface area contributed by atoms with Gasteiger partial charge in [-0.05, 0) is 24.5 Å². The Kier molecular flexibility index (Phi) is 4.53. The summed E-state index contributed by atoms with van der Waals surface area (Å²) in [5.74, 6) is -2.05. The summed E-state index contributed by atoms with van der Waals surface area (Å²) in [6, 6.07) is 4.10. The zero-order valence-electron chi connectivity index (χ0n) is 15.3. The van der Waals surface area contributed by atoms with E-state index in [4.69, 9.17) is 5.73 Å². The van der Waals surface area contributed by atoms with Gasteiger partial charge in [0, 0.05) is 26.1 Å². The average molecular weight is 386 g/mol. The maximum absolute atomic E-state index is 13.1. The molecule has 0 spiro atoms. The maximum Gasteiger partial charge on any atom is 0.262 e. The molecule has 4 rings (SSSR count). The number of likely N-dealkylation sites (tertiary alicyclic amines) is 1. The molecule has 1 aromatic carbocycles. The summed E-state index contributed by atoms with van der Waals surface area (Å²) in [5, 5.41) is 11.6. The van der Waals surface area contributed by atoms with Crippen LogP contribution in [0, 0.1) is 0 Å². The molecule has 2 fully saturated rings. The number of aliphatic hydroxyl groups excluding tert-OH is 1. The van der Waals surface area contributed by atoms with Crippen LogP contribution in [0.5, 0.6) is 0 Å². The van der Waals surface area contributed by atoms with Crippen LogP contribution in [0.4, 0.5) is 0 Å². The van der Waals surface area contributed by atoms with E-state index in [9.17, 15) is 24.3 Å². The van der Waals surface area contributed by atoms with Gasteiger partial charge < -0.3 is 10.8 Å². The molecule has 148 valence electrons. The molecule has 0 radical (unpaired) electrons. The lowest BCUT2D eigenvalue weighted by Gasteiger charge is -2.28. The lowest BCUT2D eigenvalue weighted by atomic mass is 10.0. The minimum Gasteiger partial charge on any atom is -0.394 e. The first-order valence-electron chi connectivity index (χ1n) is 9.28. The van der Waals surface area contributed by atoms with Gasteiger partial charge in [-0.3, -0.25) is 34.3 Å². The summed E-state index contributed by atoms with van der Waals surface area (Å²) in [6.07, 6.45) is 0.863. The van der Waals surface area contributed by atoms with E-state index >= 15 is 0 Å². The number of carbonyl (C=O) groups is 4. The van der Waals surface area contributed by atoms with E-state index in [2.05, 4.69) is 5.32 Å². The third-order valence-electron chi connectivity index (χ3n) is 5.73. The van der Waals surface area contributed by atoms with Crippen molar-refractivity contribution < 1.29 is 24.3 Å². The number of fused-ring (bicyclic) bond motifs is 1. The lowest BCUT2D eigenvalue weighted by molar-refractivity contribution is -0.136. The van der Waals surface area contributed by atoms with E-state index < -0.39 is 35.2 Å². The fourth-order valence-corrected chi connectivity index (χ4v) is 4.21. The highest BCUT2D eigenvalue weighted by Gasteiger charge is 2.45. The van der Waals surface area contributed by atoms with Crippen LogP contribution in [-0.2, 0) is 16.1 Å². The molecular weight excluding hydrogens is 364 g/mol. The van der Waals surface area contributed by atoms with Crippen molar-refractivity contribution in [3.8, 4) is 0 Å². The van der Waals surface area contributed by atoms with Gasteiger partial charge in [-0.15, -0.1) is 0 Å². The average Bonchev–Trinajstić information content (AvgIpc) is 3.15. The monoisotopic (exact) mass is 386 g/mol. The molecular formula is C19H22N4O5. The number of hydrogen-bond donors (Lipinski definition) is 3. The summed E-state index contributed by atoms with van der Waals surface area (Å²) in [7, 11) is 0. The molecule has 0 aliphatic carbocycles. The third-order valence-corrected chi connectivity index (χ3v) is 5.73. The lowest BCUT2D eigenvalue weighted by Crippen LogP contribution is -2.54. The van der Waals surface area contributed by atoms with Crippen LogP contribution in [0.25, 0.3) is 0 Å². The van der Waals surface area contributed by atoms with Crippen LogP contribution in [0.3, 0.4) is 0 Å². The largest absolute Gasteiger partial charge is 0.394 e. The number of benzene rings is 1. The number of piperidine rings is 1. The van der Waals surface area contributed by atoms with E-state index in [-0.39, 0.29) is 25.0 Å². The van der Waals surface area contributed by atoms with Gasteiger partial charge in [-0.25, -0.2) is 0 Å². The first-order chi connectivity index (χ1) is 13.3.